The van der Waals surface area contributed by atoms with E-state index < -0.39 is 0 Å². The lowest BCUT2D eigenvalue weighted by Gasteiger charge is -2.14. The molecule has 0 amide bonds. The molecule has 0 aliphatic heterocycles. The number of hydrogen-bond donors (Lipinski definition) is 1. The Balaban J connectivity index is 2.40. The third-order valence-corrected chi connectivity index (χ3v) is 2.61. The van der Waals surface area contributed by atoms with Gasteiger partial charge in [-0.1, -0.05) is 31.8 Å². The highest BCUT2D eigenvalue weighted by Gasteiger charge is 2.08. The molecule has 0 radical (unpaired) electrons. The lowest BCUT2D eigenvalue weighted by Crippen LogP contribution is -2.22. The molecule has 0 saturated carbocycles. The zero-order valence-corrected chi connectivity index (χ0v) is 11.6. The van der Waals surface area contributed by atoms with Crippen molar-refractivity contribution in [2.45, 2.75) is 33.9 Å². The first-order valence-corrected chi connectivity index (χ1v) is 6.46. The van der Waals surface area contributed by atoms with E-state index in [0.717, 1.165) is 37.6 Å². The van der Waals surface area contributed by atoms with Crippen molar-refractivity contribution in [2.75, 3.05) is 19.6 Å². The Morgan fingerprint density at radius 2 is 2.33 bits per heavy atom. The van der Waals surface area contributed by atoms with E-state index in [2.05, 4.69) is 42.1 Å². The summed E-state index contributed by atoms with van der Waals surface area (Å²) in [7, 11) is 0. The molecule has 4 nitrogen and oxygen atoms in total. The summed E-state index contributed by atoms with van der Waals surface area (Å²) in [6, 6.07) is 1.99. The van der Waals surface area contributed by atoms with Crippen molar-refractivity contribution in [1.82, 2.24) is 15.4 Å². The molecular formula is C14H23N3O. The molecule has 1 aromatic rings. The second-order valence-electron chi connectivity index (χ2n) is 4.82. The van der Waals surface area contributed by atoms with Crippen LogP contribution in [0.3, 0.4) is 0 Å². The van der Waals surface area contributed by atoms with Crippen molar-refractivity contribution < 1.29 is 4.52 Å². The molecule has 1 heterocycles. The third-order valence-electron chi connectivity index (χ3n) is 2.61. The summed E-state index contributed by atoms with van der Waals surface area (Å²) in [5, 5.41) is 7.38. The molecule has 4 heteroatoms. The van der Waals surface area contributed by atoms with Gasteiger partial charge in [0.15, 0.2) is 5.76 Å². The topological polar surface area (TPSA) is 41.3 Å². The quantitative estimate of drug-likeness (QED) is 0.714. The smallest absolute Gasteiger partial charge is 0.151 e. The predicted molar refractivity (Wildman–Crippen MR) is 72.8 cm³/mol. The molecule has 0 saturated heterocycles. The van der Waals surface area contributed by atoms with E-state index in [1.807, 2.05) is 6.07 Å². The van der Waals surface area contributed by atoms with E-state index in [-0.39, 0.29) is 0 Å². The minimum absolute atomic E-state index is 0.637. The van der Waals surface area contributed by atoms with Crippen molar-refractivity contribution in [2.24, 2.45) is 5.92 Å². The Kier molecular flexibility index (Phi) is 6.48. The number of rotatable bonds is 8. The van der Waals surface area contributed by atoms with Gasteiger partial charge in [-0.15, -0.1) is 6.42 Å². The Hall–Kier alpha value is -1.31. The summed E-state index contributed by atoms with van der Waals surface area (Å²) < 4.78 is 5.30. The molecule has 0 aliphatic carbocycles. The fourth-order valence-electron chi connectivity index (χ4n) is 1.63. The number of hydrogen-bond acceptors (Lipinski definition) is 4. The molecule has 0 atom stereocenters. The van der Waals surface area contributed by atoms with Gasteiger partial charge in [-0.2, -0.15) is 0 Å². The Bertz CT molecular complexity index is 379. The van der Waals surface area contributed by atoms with Gasteiger partial charge in [0, 0.05) is 12.6 Å². The van der Waals surface area contributed by atoms with Crippen molar-refractivity contribution in [3.05, 3.63) is 17.5 Å². The lowest BCUT2D eigenvalue weighted by molar-refractivity contribution is 0.264. The van der Waals surface area contributed by atoms with Crippen LogP contribution in [-0.2, 0) is 13.1 Å². The highest BCUT2D eigenvalue weighted by Crippen LogP contribution is 2.07. The van der Waals surface area contributed by atoms with Gasteiger partial charge in [0.05, 0.1) is 18.8 Å². The van der Waals surface area contributed by atoms with Crippen molar-refractivity contribution in [3.63, 3.8) is 0 Å². The molecule has 0 aliphatic rings. The molecule has 0 fully saturated rings. The van der Waals surface area contributed by atoms with Gasteiger partial charge in [-0.25, -0.2) is 0 Å². The van der Waals surface area contributed by atoms with Crippen LogP contribution in [0.1, 0.15) is 32.2 Å². The summed E-state index contributed by atoms with van der Waals surface area (Å²) in [6.45, 7) is 10.4. The molecule has 100 valence electrons. The van der Waals surface area contributed by atoms with Crippen LogP contribution in [0.25, 0.3) is 0 Å². The monoisotopic (exact) mass is 249 g/mol. The van der Waals surface area contributed by atoms with Crippen LogP contribution in [0.2, 0.25) is 0 Å². The first-order valence-electron chi connectivity index (χ1n) is 6.46. The standard InChI is InChI=1S/C14H23N3O/c1-5-7-17(6-2)11-14-8-13(16-18-14)10-15-9-12(3)4/h1,8,12,15H,6-7,9-11H2,2-4H3. The van der Waals surface area contributed by atoms with Crippen molar-refractivity contribution in [3.8, 4) is 12.3 Å². The Morgan fingerprint density at radius 3 is 2.94 bits per heavy atom. The number of nitrogens with one attached hydrogen (secondary N) is 1. The number of terminal acetylenes is 1. The first-order chi connectivity index (χ1) is 8.65. The van der Waals surface area contributed by atoms with Crippen molar-refractivity contribution in [1.29, 1.82) is 0 Å². The highest BCUT2D eigenvalue weighted by molar-refractivity contribution is 5.05. The van der Waals surface area contributed by atoms with E-state index in [9.17, 15) is 0 Å². The van der Waals surface area contributed by atoms with Gasteiger partial charge < -0.3 is 9.84 Å². The molecule has 1 N–H and O–H groups in total. The fraction of sp³-hybridized carbons (Fsp3) is 0.643. The van der Waals surface area contributed by atoms with Gasteiger partial charge in [-0.3, -0.25) is 4.90 Å². The van der Waals surface area contributed by atoms with Crippen LogP contribution in [-0.4, -0.2) is 29.7 Å². The molecule has 0 unspecified atom stereocenters. The van der Waals surface area contributed by atoms with Crippen LogP contribution >= 0.6 is 0 Å². The molecule has 0 spiro atoms. The van der Waals surface area contributed by atoms with Crippen LogP contribution < -0.4 is 5.32 Å². The molecular weight excluding hydrogens is 226 g/mol. The van der Waals surface area contributed by atoms with E-state index in [1.54, 1.807) is 0 Å². The normalized spacial score (nSPS) is 11.1. The second-order valence-corrected chi connectivity index (χ2v) is 4.82. The SMILES string of the molecule is C#CCN(CC)Cc1cc(CNCC(C)C)no1. The number of aromatic nitrogens is 1. The average Bonchev–Trinajstić information content (AvgIpc) is 2.76. The fourth-order valence-corrected chi connectivity index (χ4v) is 1.63. The van der Waals surface area contributed by atoms with Crippen LogP contribution in [0.4, 0.5) is 0 Å². The lowest BCUT2D eigenvalue weighted by atomic mass is 10.2. The molecule has 1 rings (SSSR count). The van der Waals surface area contributed by atoms with Crippen LogP contribution in [0.5, 0.6) is 0 Å². The van der Waals surface area contributed by atoms with E-state index in [4.69, 9.17) is 10.9 Å². The first kappa shape index (κ1) is 14.7. The van der Waals surface area contributed by atoms with E-state index in [1.165, 1.54) is 0 Å². The van der Waals surface area contributed by atoms with Crippen LogP contribution in [0.15, 0.2) is 10.6 Å². The largest absolute Gasteiger partial charge is 0.360 e. The maximum Gasteiger partial charge on any atom is 0.151 e. The van der Waals surface area contributed by atoms with E-state index in [0.29, 0.717) is 12.5 Å². The second kappa shape index (κ2) is 7.91. The summed E-state index contributed by atoms with van der Waals surface area (Å²) in [5.74, 6) is 4.15. The Morgan fingerprint density at radius 1 is 1.56 bits per heavy atom. The summed E-state index contributed by atoms with van der Waals surface area (Å²) in [5.41, 5.74) is 0.947. The minimum Gasteiger partial charge on any atom is -0.360 e. The molecule has 1 aromatic heterocycles. The molecule has 0 aromatic carbocycles. The van der Waals surface area contributed by atoms with Gasteiger partial charge in [0.1, 0.15) is 0 Å². The predicted octanol–water partition coefficient (Wildman–Crippen LogP) is 1.88. The number of nitrogens with zero attached hydrogens (tertiary/aromatic N) is 2. The molecule has 18 heavy (non-hydrogen) atoms. The van der Waals surface area contributed by atoms with Crippen molar-refractivity contribution >= 4 is 0 Å². The average molecular weight is 249 g/mol. The summed E-state index contributed by atoms with van der Waals surface area (Å²) in [4.78, 5) is 2.13. The Labute approximate surface area is 110 Å². The highest BCUT2D eigenvalue weighted by atomic mass is 16.5. The zero-order valence-electron chi connectivity index (χ0n) is 11.6. The van der Waals surface area contributed by atoms with Gasteiger partial charge >= 0.3 is 0 Å². The van der Waals surface area contributed by atoms with Gasteiger partial charge in [0.25, 0.3) is 0 Å². The van der Waals surface area contributed by atoms with Gasteiger partial charge in [-0.05, 0) is 19.0 Å². The maximum absolute atomic E-state index is 5.31. The maximum atomic E-state index is 5.31. The summed E-state index contributed by atoms with van der Waals surface area (Å²) >= 11 is 0. The summed E-state index contributed by atoms with van der Waals surface area (Å²) in [6.07, 6.45) is 5.31. The van der Waals surface area contributed by atoms with E-state index >= 15 is 0 Å². The van der Waals surface area contributed by atoms with Gasteiger partial charge in [0.2, 0.25) is 0 Å². The van der Waals surface area contributed by atoms with Crippen LogP contribution in [0, 0.1) is 18.3 Å². The minimum atomic E-state index is 0.637. The third kappa shape index (κ3) is 5.35. The molecule has 0 bridgehead atoms. The zero-order chi connectivity index (χ0) is 13.4.